The van der Waals surface area contributed by atoms with E-state index in [-0.39, 0.29) is 0 Å². The van der Waals surface area contributed by atoms with E-state index in [1.807, 2.05) is 19.1 Å². The lowest BCUT2D eigenvalue weighted by atomic mass is 9.92. The topological polar surface area (TPSA) is 59.5 Å². The second-order valence-corrected chi connectivity index (χ2v) is 7.57. The molecule has 26 heavy (non-hydrogen) atoms. The molecule has 0 saturated carbocycles. The van der Waals surface area contributed by atoms with Crippen molar-refractivity contribution < 1.29 is 0 Å². The molecule has 1 aromatic carbocycles. The van der Waals surface area contributed by atoms with Gasteiger partial charge in [-0.3, -0.25) is 0 Å². The molecule has 5 heteroatoms. The monoisotopic (exact) mass is 349 g/mol. The summed E-state index contributed by atoms with van der Waals surface area (Å²) in [5.74, 6) is 1.65. The smallest absolute Gasteiger partial charge is 0.157 e. The first-order chi connectivity index (χ1) is 12.6. The number of nitrogens with zero attached hydrogens (tertiary/aromatic N) is 4. The molecule has 3 heterocycles. The molecule has 2 atom stereocenters. The molecular formula is C21H27N5. The molecule has 2 N–H and O–H groups in total. The van der Waals surface area contributed by atoms with Gasteiger partial charge in [0.2, 0.25) is 0 Å². The molecule has 5 nitrogen and oxygen atoms in total. The number of rotatable bonds is 4. The predicted molar refractivity (Wildman–Crippen MR) is 105 cm³/mol. The minimum absolute atomic E-state index is 0.439. The summed E-state index contributed by atoms with van der Waals surface area (Å²) in [6.07, 6.45) is 2.38. The van der Waals surface area contributed by atoms with Crippen LogP contribution in [-0.4, -0.2) is 39.1 Å². The minimum Gasteiger partial charge on any atom is -0.384 e. The summed E-state index contributed by atoms with van der Waals surface area (Å²) in [5.41, 5.74) is 10.5. The average molecular weight is 349 g/mol. The number of aryl methyl sites for hydroxylation is 1. The zero-order chi connectivity index (χ0) is 18.1. The van der Waals surface area contributed by atoms with Gasteiger partial charge in [-0.2, -0.15) is 9.61 Å². The van der Waals surface area contributed by atoms with Crippen LogP contribution in [0, 0.1) is 6.92 Å². The van der Waals surface area contributed by atoms with Gasteiger partial charge in [0.1, 0.15) is 5.82 Å². The van der Waals surface area contributed by atoms with Crippen LogP contribution in [0.1, 0.15) is 48.6 Å². The van der Waals surface area contributed by atoms with Gasteiger partial charge in [-0.15, -0.1) is 0 Å². The van der Waals surface area contributed by atoms with E-state index in [0.717, 1.165) is 36.7 Å². The van der Waals surface area contributed by atoms with Crippen molar-refractivity contribution in [2.45, 2.75) is 38.5 Å². The molecule has 3 aromatic rings. The summed E-state index contributed by atoms with van der Waals surface area (Å²) in [6.45, 7) is 7.59. The lowest BCUT2D eigenvalue weighted by Gasteiger charge is -2.34. The van der Waals surface area contributed by atoms with Crippen molar-refractivity contribution in [1.29, 1.82) is 0 Å². The summed E-state index contributed by atoms with van der Waals surface area (Å²) in [5, 5.41) is 4.41. The second-order valence-electron chi connectivity index (χ2n) is 7.57. The molecule has 0 spiro atoms. The quantitative estimate of drug-likeness (QED) is 0.782. The van der Waals surface area contributed by atoms with Crippen LogP contribution in [0.15, 0.2) is 42.5 Å². The van der Waals surface area contributed by atoms with Crippen LogP contribution in [0.25, 0.3) is 5.65 Å². The van der Waals surface area contributed by atoms with Crippen molar-refractivity contribution >= 4 is 11.5 Å². The maximum Gasteiger partial charge on any atom is 0.157 e. The van der Waals surface area contributed by atoms with Gasteiger partial charge in [-0.25, -0.2) is 4.98 Å². The molecule has 2 aromatic heterocycles. The molecule has 1 aliphatic heterocycles. The first-order valence-corrected chi connectivity index (χ1v) is 9.50. The number of hydrogen-bond acceptors (Lipinski definition) is 4. The Kier molecular flexibility index (Phi) is 4.64. The Morgan fingerprint density at radius 3 is 2.85 bits per heavy atom. The van der Waals surface area contributed by atoms with Crippen LogP contribution in [-0.2, 0) is 0 Å². The van der Waals surface area contributed by atoms with E-state index >= 15 is 0 Å². The van der Waals surface area contributed by atoms with Crippen molar-refractivity contribution in [3.05, 3.63) is 59.4 Å². The first kappa shape index (κ1) is 17.0. The Morgan fingerprint density at radius 2 is 2.04 bits per heavy atom. The zero-order valence-electron chi connectivity index (χ0n) is 15.6. The summed E-state index contributed by atoms with van der Waals surface area (Å²) < 4.78 is 1.73. The number of fused-ring (bicyclic) bond motifs is 1. The number of piperidine rings is 1. The van der Waals surface area contributed by atoms with Gasteiger partial charge >= 0.3 is 0 Å². The maximum atomic E-state index is 6.22. The van der Waals surface area contributed by atoms with Gasteiger partial charge in [-0.1, -0.05) is 37.3 Å². The highest BCUT2D eigenvalue weighted by atomic mass is 15.3. The molecule has 1 saturated heterocycles. The van der Waals surface area contributed by atoms with Crippen LogP contribution in [0.5, 0.6) is 0 Å². The Balaban J connectivity index is 1.50. The molecule has 1 fully saturated rings. The fraction of sp³-hybridized carbons (Fsp3) is 0.429. The fourth-order valence-corrected chi connectivity index (χ4v) is 4.08. The van der Waals surface area contributed by atoms with Crippen LogP contribution in [0.4, 0.5) is 5.82 Å². The number of nitrogen functional groups attached to an aromatic ring is 1. The highest BCUT2D eigenvalue weighted by molar-refractivity contribution is 5.48. The number of benzene rings is 1. The van der Waals surface area contributed by atoms with Gasteiger partial charge in [0.25, 0.3) is 0 Å². The summed E-state index contributed by atoms with van der Waals surface area (Å²) >= 11 is 0. The molecule has 4 rings (SSSR count). The number of nitrogens with two attached hydrogens (primary N) is 1. The van der Waals surface area contributed by atoms with Gasteiger partial charge in [0.05, 0.1) is 11.4 Å². The normalized spacial score (nSPS) is 19.7. The Hall–Kier alpha value is -2.40. The van der Waals surface area contributed by atoms with E-state index in [1.165, 1.54) is 18.4 Å². The highest BCUT2D eigenvalue weighted by Crippen LogP contribution is 2.29. The third-order valence-corrected chi connectivity index (χ3v) is 5.42. The number of hydrogen-bond donors (Lipinski definition) is 1. The minimum atomic E-state index is 0.439. The lowest BCUT2D eigenvalue weighted by Crippen LogP contribution is -2.37. The molecule has 136 valence electrons. The van der Waals surface area contributed by atoms with Crippen LogP contribution < -0.4 is 5.73 Å². The van der Waals surface area contributed by atoms with Crippen molar-refractivity contribution in [1.82, 2.24) is 19.5 Å². The summed E-state index contributed by atoms with van der Waals surface area (Å²) in [6, 6.07) is 14.8. The van der Waals surface area contributed by atoms with Crippen molar-refractivity contribution in [3.63, 3.8) is 0 Å². The van der Waals surface area contributed by atoms with E-state index < -0.39 is 0 Å². The summed E-state index contributed by atoms with van der Waals surface area (Å²) in [4.78, 5) is 7.43. The SMILES string of the molecule is Cc1cc2nc([C@@H]3CCCN(C[C@H](C)c4ccccc4)C3)cc(N)n2n1. The van der Waals surface area contributed by atoms with Crippen molar-refractivity contribution in [2.75, 3.05) is 25.4 Å². The fourth-order valence-electron chi connectivity index (χ4n) is 4.08. The van der Waals surface area contributed by atoms with Crippen LogP contribution in [0.3, 0.4) is 0 Å². The third-order valence-electron chi connectivity index (χ3n) is 5.42. The number of aromatic nitrogens is 3. The molecule has 0 aliphatic carbocycles. The van der Waals surface area contributed by atoms with E-state index in [9.17, 15) is 0 Å². The number of anilines is 1. The Morgan fingerprint density at radius 1 is 1.23 bits per heavy atom. The van der Waals surface area contributed by atoms with Gasteiger partial charge in [0, 0.05) is 31.1 Å². The van der Waals surface area contributed by atoms with Crippen LogP contribution >= 0.6 is 0 Å². The predicted octanol–water partition coefficient (Wildman–Crippen LogP) is 3.60. The molecule has 0 amide bonds. The van der Waals surface area contributed by atoms with E-state index in [4.69, 9.17) is 10.7 Å². The van der Waals surface area contributed by atoms with Crippen molar-refractivity contribution in [2.24, 2.45) is 0 Å². The van der Waals surface area contributed by atoms with E-state index in [1.54, 1.807) is 4.52 Å². The zero-order valence-corrected chi connectivity index (χ0v) is 15.6. The Bertz CT molecular complexity index is 886. The maximum absolute atomic E-state index is 6.22. The third kappa shape index (κ3) is 3.44. The van der Waals surface area contributed by atoms with E-state index in [2.05, 4.69) is 47.3 Å². The van der Waals surface area contributed by atoms with E-state index in [0.29, 0.717) is 17.7 Å². The van der Waals surface area contributed by atoms with Crippen molar-refractivity contribution in [3.8, 4) is 0 Å². The lowest BCUT2D eigenvalue weighted by molar-refractivity contribution is 0.197. The molecule has 0 unspecified atom stereocenters. The molecular weight excluding hydrogens is 322 g/mol. The number of likely N-dealkylation sites (tertiary alicyclic amines) is 1. The molecule has 0 radical (unpaired) electrons. The van der Waals surface area contributed by atoms with Gasteiger partial charge in [-0.05, 0) is 37.8 Å². The molecule has 0 bridgehead atoms. The standard InChI is InChI=1S/C21H27N5/c1-15(17-7-4-3-5-8-17)13-25-10-6-9-18(14-25)19-12-20(22)26-21(23-19)11-16(2)24-26/h3-5,7-8,11-12,15,18H,6,9-10,13-14,22H2,1-2H3/t15-,18+/m0/s1. The Labute approximate surface area is 154 Å². The first-order valence-electron chi connectivity index (χ1n) is 9.50. The second kappa shape index (κ2) is 7.08. The average Bonchev–Trinajstić information content (AvgIpc) is 3.03. The van der Waals surface area contributed by atoms with Gasteiger partial charge < -0.3 is 10.6 Å². The molecule has 1 aliphatic rings. The van der Waals surface area contributed by atoms with Crippen LogP contribution in [0.2, 0.25) is 0 Å². The van der Waals surface area contributed by atoms with Gasteiger partial charge in [0.15, 0.2) is 5.65 Å². The highest BCUT2D eigenvalue weighted by Gasteiger charge is 2.24. The summed E-state index contributed by atoms with van der Waals surface area (Å²) in [7, 11) is 0. The largest absolute Gasteiger partial charge is 0.384 e.